The normalized spacial score (nSPS) is 29.1. The van der Waals surface area contributed by atoms with Crippen LogP contribution in [0.4, 0.5) is 0 Å². The van der Waals surface area contributed by atoms with E-state index in [9.17, 15) is 13.2 Å². The SMILES string of the molecule is C[C@]12CCC3=C(CCc4cc(OS(=O)(=O)O)ccc43)[C@@H]1CCC2=O. The van der Waals surface area contributed by atoms with Crippen LogP contribution in [0.15, 0.2) is 23.8 Å². The summed E-state index contributed by atoms with van der Waals surface area (Å²) in [4.78, 5) is 12.3. The van der Waals surface area contributed by atoms with Crippen LogP contribution in [-0.4, -0.2) is 18.8 Å². The van der Waals surface area contributed by atoms with Crippen molar-refractivity contribution in [2.24, 2.45) is 11.3 Å². The summed E-state index contributed by atoms with van der Waals surface area (Å²) in [6.45, 7) is 2.12. The topological polar surface area (TPSA) is 80.7 Å². The Bertz CT molecular complexity index is 867. The Morgan fingerprint density at radius 2 is 2.00 bits per heavy atom. The molecule has 2 atom stereocenters. The summed E-state index contributed by atoms with van der Waals surface area (Å²) in [5.41, 5.74) is 4.74. The quantitative estimate of drug-likeness (QED) is 0.829. The Labute approximate surface area is 141 Å². The van der Waals surface area contributed by atoms with E-state index in [1.54, 1.807) is 12.1 Å². The van der Waals surface area contributed by atoms with Gasteiger partial charge in [0.2, 0.25) is 0 Å². The number of hydrogen-bond acceptors (Lipinski definition) is 4. The Morgan fingerprint density at radius 1 is 1.21 bits per heavy atom. The first-order chi connectivity index (χ1) is 11.3. The standard InChI is InChI=1S/C18H20O5S/c1-18-9-8-14-13-5-3-12(23-24(20,21)22)10-11(13)2-4-15(14)16(18)6-7-17(18)19/h3,5,10,16H,2,4,6-9H2,1H3,(H,20,21,22)/t16-,18-/m0/s1. The molecule has 128 valence electrons. The highest BCUT2D eigenvalue weighted by Crippen LogP contribution is 2.56. The van der Waals surface area contributed by atoms with Gasteiger partial charge < -0.3 is 4.18 Å². The van der Waals surface area contributed by atoms with E-state index in [4.69, 9.17) is 4.55 Å². The molecule has 1 fully saturated rings. The number of benzene rings is 1. The lowest BCUT2D eigenvalue weighted by Gasteiger charge is -2.40. The Balaban J connectivity index is 1.74. The first-order valence-corrected chi connectivity index (χ1v) is 9.70. The number of carbonyl (C=O) groups is 1. The van der Waals surface area contributed by atoms with Crippen LogP contribution in [0.1, 0.15) is 50.2 Å². The summed E-state index contributed by atoms with van der Waals surface area (Å²) in [5, 5.41) is 0. The molecule has 24 heavy (non-hydrogen) atoms. The van der Waals surface area contributed by atoms with E-state index < -0.39 is 10.4 Å². The lowest BCUT2D eigenvalue weighted by molar-refractivity contribution is -0.126. The molecule has 6 heteroatoms. The van der Waals surface area contributed by atoms with Crippen molar-refractivity contribution in [1.29, 1.82) is 0 Å². The van der Waals surface area contributed by atoms with Crippen molar-refractivity contribution in [2.75, 3.05) is 0 Å². The van der Waals surface area contributed by atoms with Gasteiger partial charge in [-0.2, -0.15) is 8.42 Å². The number of Topliss-reactive ketones (excluding diaryl/α,β-unsaturated/α-hetero) is 1. The zero-order valence-corrected chi connectivity index (χ0v) is 14.4. The van der Waals surface area contributed by atoms with E-state index >= 15 is 0 Å². The highest BCUT2D eigenvalue weighted by Gasteiger charge is 2.50. The monoisotopic (exact) mass is 348 g/mol. The van der Waals surface area contributed by atoms with Gasteiger partial charge in [0.15, 0.2) is 0 Å². The summed E-state index contributed by atoms with van der Waals surface area (Å²) >= 11 is 0. The van der Waals surface area contributed by atoms with Gasteiger partial charge in [-0.25, -0.2) is 0 Å². The molecule has 5 nitrogen and oxygen atoms in total. The minimum atomic E-state index is -4.50. The Kier molecular flexibility index (Phi) is 3.41. The lowest BCUT2D eigenvalue weighted by atomic mass is 9.63. The van der Waals surface area contributed by atoms with Crippen LogP contribution in [0, 0.1) is 11.3 Å². The molecule has 1 saturated carbocycles. The van der Waals surface area contributed by atoms with E-state index in [-0.39, 0.29) is 11.2 Å². The van der Waals surface area contributed by atoms with Crippen molar-refractivity contribution < 1.29 is 21.9 Å². The summed E-state index contributed by atoms with van der Waals surface area (Å²) in [5.74, 6) is 0.898. The molecule has 0 unspecified atom stereocenters. The number of aryl methyl sites for hydroxylation is 1. The molecule has 0 spiro atoms. The number of ketones is 1. The van der Waals surface area contributed by atoms with Gasteiger partial charge in [0.1, 0.15) is 11.5 Å². The van der Waals surface area contributed by atoms with Crippen LogP contribution in [0.5, 0.6) is 5.75 Å². The highest BCUT2D eigenvalue weighted by molar-refractivity contribution is 7.81. The third-order valence-corrected chi connectivity index (χ3v) is 6.44. The van der Waals surface area contributed by atoms with Crippen LogP contribution >= 0.6 is 0 Å². The van der Waals surface area contributed by atoms with E-state index in [1.807, 2.05) is 6.07 Å². The van der Waals surface area contributed by atoms with Crippen LogP contribution in [-0.2, 0) is 21.6 Å². The first-order valence-electron chi connectivity index (χ1n) is 8.33. The van der Waals surface area contributed by atoms with Crippen LogP contribution < -0.4 is 4.18 Å². The zero-order chi connectivity index (χ0) is 17.1. The molecule has 0 amide bonds. The third-order valence-electron chi connectivity index (χ3n) is 6.04. The van der Waals surface area contributed by atoms with Gasteiger partial charge in [0, 0.05) is 11.8 Å². The smallest absolute Gasteiger partial charge is 0.362 e. The largest absolute Gasteiger partial charge is 0.446 e. The third kappa shape index (κ3) is 2.40. The van der Waals surface area contributed by atoms with Gasteiger partial charge in [-0.15, -0.1) is 0 Å². The van der Waals surface area contributed by atoms with Gasteiger partial charge in [-0.05, 0) is 66.9 Å². The van der Waals surface area contributed by atoms with Gasteiger partial charge >= 0.3 is 10.4 Å². The molecule has 1 aromatic carbocycles. The molecular weight excluding hydrogens is 328 g/mol. The molecule has 1 aromatic rings. The van der Waals surface area contributed by atoms with Crippen LogP contribution in [0.3, 0.4) is 0 Å². The van der Waals surface area contributed by atoms with E-state index in [2.05, 4.69) is 11.1 Å². The van der Waals surface area contributed by atoms with Crippen molar-refractivity contribution in [2.45, 2.75) is 45.4 Å². The van der Waals surface area contributed by atoms with Crippen molar-refractivity contribution in [3.05, 3.63) is 34.9 Å². The minimum absolute atomic E-state index is 0.136. The summed E-state index contributed by atoms with van der Waals surface area (Å²) < 4.78 is 35.2. The molecule has 0 saturated heterocycles. The van der Waals surface area contributed by atoms with E-state index in [1.165, 1.54) is 11.1 Å². The zero-order valence-electron chi connectivity index (χ0n) is 13.5. The summed E-state index contributed by atoms with van der Waals surface area (Å²) in [7, 11) is -4.50. The predicted molar refractivity (Wildman–Crippen MR) is 88.9 cm³/mol. The first kappa shape index (κ1) is 15.8. The molecule has 3 aliphatic rings. The number of hydrogen-bond donors (Lipinski definition) is 1. The molecule has 1 N–H and O–H groups in total. The lowest BCUT2D eigenvalue weighted by Crippen LogP contribution is -2.34. The molecule has 0 radical (unpaired) electrons. The fourth-order valence-electron chi connectivity index (χ4n) is 4.85. The second-order valence-electron chi connectivity index (χ2n) is 7.27. The van der Waals surface area contributed by atoms with Gasteiger partial charge in [0.25, 0.3) is 0 Å². The van der Waals surface area contributed by atoms with Crippen molar-refractivity contribution >= 4 is 21.8 Å². The Morgan fingerprint density at radius 3 is 2.75 bits per heavy atom. The summed E-state index contributed by atoms with van der Waals surface area (Å²) in [6, 6.07) is 5.15. The van der Waals surface area contributed by atoms with Gasteiger partial charge in [0.05, 0.1) is 0 Å². The highest BCUT2D eigenvalue weighted by atomic mass is 32.3. The molecule has 0 aromatic heterocycles. The molecule has 0 bridgehead atoms. The van der Waals surface area contributed by atoms with Crippen LogP contribution in [0.2, 0.25) is 0 Å². The Hall–Kier alpha value is -1.66. The molecule has 3 aliphatic carbocycles. The van der Waals surface area contributed by atoms with Crippen molar-refractivity contribution in [3.63, 3.8) is 0 Å². The number of allylic oxidation sites excluding steroid dienone is 2. The van der Waals surface area contributed by atoms with Gasteiger partial charge in [-0.1, -0.05) is 18.6 Å². The van der Waals surface area contributed by atoms with Crippen molar-refractivity contribution in [3.8, 4) is 5.75 Å². The second-order valence-corrected chi connectivity index (χ2v) is 8.29. The maximum Gasteiger partial charge on any atom is 0.446 e. The molecule has 0 aliphatic heterocycles. The molecular formula is C18H20O5S. The average Bonchev–Trinajstić information content (AvgIpc) is 2.81. The van der Waals surface area contributed by atoms with E-state index in [0.717, 1.165) is 43.2 Å². The van der Waals surface area contributed by atoms with Crippen LogP contribution in [0.25, 0.3) is 5.57 Å². The van der Waals surface area contributed by atoms with Gasteiger partial charge in [-0.3, -0.25) is 9.35 Å². The number of fused-ring (bicyclic) bond motifs is 4. The maximum atomic E-state index is 12.3. The molecule has 0 heterocycles. The maximum absolute atomic E-state index is 12.3. The summed E-state index contributed by atoms with van der Waals surface area (Å²) in [6.07, 6.45) is 5.12. The average molecular weight is 348 g/mol. The fourth-order valence-corrected chi connectivity index (χ4v) is 5.20. The fraction of sp³-hybridized carbons (Fsp3) is 0.500. The number of carbonyl (C=O) groups excluding carboxylic acids is 1. The number of rotatable bonds is 2. The second kappa shape index (κ2) is 5.17. The van der Waals surface area contributed by atoms with Crippen molar-refractivity contribution in [1.82, 2.24) is 0 Å². The minimum Gasteiger partial charge on any atom is -0.362 e. The molecule has 4 rings (SSSR count). The predicted octanol–water partition coefficient (Wildman–Crippen LogP) is 3.35. The van der Waals surface area contributed by atoms with E-state index in [0.29, 0.717) is 18.1 Å².